The number of nitrogens with two attached hydrogens (primary N) is 1. The summed E-state index contributed by atoms with van der Waals surface area (Å²) in [4.78, 5) is 11.6. The first-order valence-electron chi connectivity index (χ1n) is 4.87. The number of carbonyl (C=O) groups excluding carboxylic acids is 1. The van der Waals surface area contributed by atoms with Crippen molar-refractivity contribution in [2.45, 2.75) is 0 Å². The lowest BCUT2D eigenvalue weighted by molar-refractivity contribution is 0.102. The predicted octanol–water partition coefficient (Wildman–Crippen LogP) is 2.76. The smallest absolute Gasteiger partial charge is 0.221 e. The number of allylic oxidation sites excluding steroid dienone is 1. The summed E-state index contributed by atoms with van der Waals surface area (Å²) in [6.07, 6.45) is 4.65. The van der Waals surface area contributed by atoms with Crippen molar-refractivity contribution in [3.63, 3.8) is 0 Å². The first kappa shape index (κ1) is 10.2. The third-order valence-electron chi connectivity index (χ3n) is 2.10. The highest BCUT2D eigenvalue weighted by molar-refractivity contribution is 6.04. The van der Waals surface area contributed by atoms with E-state index in [4.69, 9.17) is 10.2 Å². The molecule has 0 amide bonds. The number of anilines is 1. The number of furan rings is 1. The van der Waals surface area contributed by atoms with E-state index in [1.165, 1.54) is 12.3 Å². The Balaban J connectivity index is 2.13. The highest BCUT2D eigenvalue weighted by atomic mass is 16.3. The Kier molecular flexibility index (Phi) is 2.87. The number of ketones is 1. The van der Waals surface area contributed by atoms with Gasteiger partial charge in [-0.2, -0.15) is 0 Å². The summed E-state index contributed by atoms with van der Waals surface area (Å²) in [5.74, 6) is 0.174. The molecule has 3 nitrogen and oxygen atoms in total. The normalized spacial score (nSPS) is 10.8. The van der Waals surface area contributed by atoms with Crippen molar-refractivity contribution in [3.8, 4) is 0 Å². The minimum absolute atomic E-state index is 0.160. The van der Waals surface area contributed by atoms with Crippen molar-refractivity contribution in [1.82, 2.24) is 0 Å². The van der Waals surface area contributed by atoms with E-state index in [0.29, 0.717) is 11.4 Å². The van der Waals surface area contributed by atoms with Gasteiger partial charge < -0.3 is 10.2 Å². The summed E-state index contributed by atoms with van der Waals surface area (Å²) in [7, 11) is 0. The first-order valence-corrected chi connectivity index (χ1v) is 4.87. The molecule has 0 bridgehead atoms. The first-order chi connectivity index (χ1) is 7.75. The summed E-state index contributed by atoms with van der Waals surface area (Å²) < 4.78 is 4.98. The molecule has 0 atom stereocenters. The molecule has 2 rings (SSSR count). The Morgan fingerprint density at radius 2 is 2.12 bits per heavy atom. The van der Waals surface area contributed by atoms with Gasteiger partial charge in [0.2, 0.25) is 5.78 Å². The fraction of sp³-hybridized carbons (Fsp3) is 0. The molecule has 0 unspecified atom stereocenters. The Hall–Kier alpha value is -2.29. The zero-order valence-electron chi connectivity index (χ0n) is 8.59. The van der Waals surface area contributed by atoms with Gasteiger partial charge in [0.15, 0.2) is 5.76 Å². The largest absolute Gasteiger partial charge is 0.461 e. The van der Waals surface area contributed by atoms with Crippen LogP contribution in [0.1, 0.15) is 16.1 Å². The molecule has 0 aliphatic carbocycles. The Labute approximate surface area is 93.2 Å². The van der Waals surface area contributed by atoms with Gasteiger partial charge in [-0.15, -0.1) is 0 Å². The molecule has 0 fully saturated rings. The minimum Gasteiger partial charge on any atom is -0.461 e. The molecule has 0 aliphatic rings. The highest BCUT2D eigenvalue weighted by Gasteiger charge is 2.03. The SMILES string of the molecule is Nc1cccc(/C=C/C(=O)c2ccco2)c1. The quantitative estimate of drug-likeness (QED) is 0.484. The molecule has 0 spiro atoms. The number of hydrogen-bond acceptors (Lipinski definition) is 3. The Morgan fingerprint density at radius 1 is 1.25 bits per heavy atom. The van der Waals surface area contributed by atoms with Gasteiger partial charge in [-0.1, -0.05) is 18.2 Å². The molecule has 2 N–H and O–H groups in total. The van der Waals surface area contributed by atoms with Gasteiger partial charge in [0.05, 0.1) is 6.26 Å². The second kappa shape index (κ2) is 4.49. The Morgan fingerprint density at radius 3 is 2.81 bits per heavy atom. The van der Waals surface area contributed by atoms with Crippen molar-refractivity contribution in [1.29, 1.82) is 0 Å². The van der Waals surface area contributed by atoms with E-state index >= 15 is 0 Å². The maximum absolute atomic E-state index is 11.6. The molecule has 3 heteroatoms. The topological polar surface area (TPSA) is 56.2 Å². The van der Waals surface area contributed by atoms with Gasteiger partial charge in [0, 0.05) is 5.69 Å². The fourth-order valence-corrected chi connectivity index (χ4v) is 1.34. The molecule has 1 aromatic heterocycles. The second-order valence-electron chi connectivity index (χ2n) is 3.35. The van der Waals surface area contributed by atoms with Gasteiger partial charge >= 0.3 is 0 Å². The van der Waals surface area contributed by atoms with E-state index in [9.17, 15) is 4.79 Å². The zero-order valence-corrected chi connectivity index (χ0v) is 8.59. The van der Waals surface area contributed by atoms with Crippen molar-refractivity contribution in [3.05, 3.63) is 60.1 Å². The maximum Gasteiger partial charge on any atom is 0.221 e. The van der Waals surface area contributed by atoms with Gasteiger partial charge in [-0.05, 0) is 35.9 Å². The van der Waals surface area contributed by atoms with E-state index in [1.54, 1.807) is 30.3 Å². The molecule has 0 radical (unpaired) electrons. The third-order valence-corrected chi connectivity index (χ3v) is 2.10. The fourth-order valence-electron chi connectivity index (χ4n) is 1.34. The number of nitrogen functional groups attached to an aromatic ring is 1. The van der Waals surface area contributed by atoms with E-state index in [2.05, 4.69) is 0 Å². The monoisotopic (exact) mass is 213 g/mol. The zero-order chi connectivity index (χ0) is 11.4. The van der Waals surface area contributed by atoms with E-state index in [0.717, 1.165) is 5.56 Å². The lowest BCUT2D eigenvalue weighted by atomic mass is 10.1. The summed E-state index contributed by atoms with van der Waals surface area (Å²) in [5.41, 5.74) is 7.18. The van der Waals surface area contributed by atoms with Crippen LogP contribution in [0.15, 0.2) is 53.2 Å². The number of carbonyl (C=O) groups is 1. The van der Waals surface area contributed by atoms with Crippen molar-refractivity contribution in [2.24, 2.45) is 0 Å². The summed E-state index contributed by atoms with van der Waals surface area (Å²) >= 11 is 0. The molecule has 80 valence electrons. The highest BCUT2D eigenvalue weighted by Crippen LogP contribution is 2.09. The molecule has 0 saturated carbocycles. The summed E-state index contributed by atoms with van der Waals surface area (Å²) in [6, 6.07) is 10.6. The molecule has 1 aromatic carbocycles. The molecule has 0 saturated heterocycles. The van der Waals surface area contributed by atoms with Gasteiger partial charge in [-0.25, -0.2) is 0 Å². The number of rotatable bonds is 3. The molecule has 1 heterocycles. The van der Waals surface area contributed by atoms with Crippen LogP contribution < -0.4 is 5.73 Å². The van der Waals surface area contributed by atoms with E-state index in [1.807, 2.05) is 12.1 Å². The van der Waals surface area contributed by atoms with Gasteiger partial charge in [0.25, 0.3) is 0 Å². The molecular formula is C13H11NO2. The van der Waals surface area contributed by atoms with Crippen LogP contribution >= 0.6 is 0 Å². The van der Waals surface area contributed by atoms with Crippen LogP contribution in [0.2, 0.25) is 0 Å². The summed E-state index contributed by atoms with van der Waals surface area (Å²) in [5, 5.41) is 0. The summed E-state index contributed by atoms with van der Waals surface area (Å²) in [6.45, 7) is 0. The van der Waals surface area contributed by atoms with E-state index < -0.39 is 0 Å². The van der Waals surface area contributed by atoms with Crippen molar-refractivity contribution in [2.75, 3.05) is 5.73 Å². The van der Waals surface area contributed by atoms with Crippen molar-refractivity contribution < 1.29 is 9.21 Å². The van der Waals surface area contributed by atoms with Crippen LogP contribution in [0.25, 0.3) is 6.08 Å². The van der Waals surface area contributed by atoms with Crippen molar-refractivity contribution >= 4 is 17.5 Å². The maximum atomic E-state index is 11.6. The van der Waals surface area contributed by atoms with Crippen LogP contribution in [-0.4, -0.2) is 5.78 Å². The average molecular weight is 213 g/mol. The van der Waals surface area contributed by atoms with Gasteiger partial charge in [-0.3, -0.25) is 4.79 Å². The molecule has 0 aliphatic heterocycles. The minimum atomic E-state index is -0.160. The third kappa shape index (κ3) is 2.39. The molecule has 2 aromatic rings. The van der Waals surface area contributed by atoms with E-state index in [-0.39, 0.29) is 5.78 Å². The second-order valence-corrected chi connectivity index (χ2v) is 3.35. The predicted molar refractivity (Wildman–Crippen MR) is 62.9 cm³/mol. The number of benzene rings is 1. The molecule has 16 heavy (non-hydrogen) atoms. The van der Waals surface area contributed by atoms with Crippen LogP contribution in [0.3, 0.4) is 0 Å². The van der Waals surface area contributed by atoms with Crippen LogP contribution in [-0.2, 0) is 0 Å². The lowest BCUT2D eigenvalue weighted by Gasteiger charge is -1.94. The van der Waals surface area contributed by atoms with Gasteiger partial charge in [0.1, 0.15) is 0 Å². The van der Waals surface area contributed by atoms with Crippen LogP contribution in [0.5, 0.6) is 0 Å². The average Bonchev–Trinajstić information content (AvgIpc) is 2.79. The van der Waals surface area contributed by atoms with Crippen LogP contribution in [0.4, 0.5) is 5.69 Å². The standard InChI is InChI=1S/C13H11NO2/c14-11-4-1-3-10(9-11)6-7-12(15)13-5-2-8-16-13/h1-9H,14H2/b7-6+. The number of hydrogen-bond donors (Lipinski definition) is 1. The molecular weight excluding hydrogens is 202 g/mol. The van der Waals surface area contributed by atoms with Crippen LogP contribution in [0, 0.1) is 0 Å². The Bertz CT molecular complexity index is 512. The lowest BCUT2D eigenvalue weighted by Crippen LogP contribution is -1.90.